The SMILES string of the molecule is CCN1CCC(Nc2ncc3cc(-c4c(F)ccc(NS(=O)(=O)c5cc(Cl)cc6c5OC[C@H]6O)c4C)cc(C)c3n2)CC1. The molecule has 0 saturated carbocycles. The van der Waals surface area contributed by atoms with Gasteiger partial charge in [0.2, 0.25) is 5.95 Å². The predicted octanol–water partition coefficient (Wildman–Crippen LogP) is 5.83. The van der Waals surface area contributed by atoms with Crippen LogP contribution in [0.15, 0.2) is 47.5 Å². The largest absolute Gasteiger partial charge is 0.489 e. The highest BCUT2D eigenvalue weighted by Crippen LogP contribution is 2.41. The fourth-order valence-electron chi connectivity index (χ4n) is 5.90. The third-order valence-corrected chi connectivity index (χ3v) is 9.86. The summed E-state index contributed by atoms with van der Waals surface area (Å²) in [6.45, 7) is 8.82. The highest BCUT2D eigenvalue weighted by molar-refractivity contribution is 7.92. The van der Waals surface area contributed by atoms with E-state index in [1.165, 1.54) is 24.3 Å². The minimum Gasteiger partial charge on any atom is -0.489 e. The van der Waals surface area contributed by atoms with Gasteiger partial charge in [-0.15, -0.1) is 0 Å². The van der Waals surface area contributed by atoms with Gasteiger partial charge in [0.1, 0.15) is 29.2 Å². The molecule has 0 unspecified atom stereocenters. The Morgan fingerprint density at radius 2 is 1.93 bits per heavy atom. The number of aliphatic hydroxyl groups is 1. The Kier molecular flexibility index (Phi) is 7.93. The number of anilines is 2. The quantitative estimate of drug-likeness (QED) is 0.235. The number of likely N-dealkylation sites (tertiary alicyclic amines) is 1. The molecule has 1 fully saturated rings. The smallest absolute Gasteiger partial charge is 0.265 e. The molecule has 3 heterocycles. The van der Waals surface area contributed by atoms with E-state index in [9.17, 15) is 13.5 Å². The Hall–Kier alpha value is -3.51. The second-order valence-corrected chi connectivity index (χ2v) is 13.2. The van der Waals surface area contributed by atoms with Crippen LogP contribution in [0.4, 0.5) is 16.0 Å². The molecule has 3 N–H and O–H groups in total. The van der Waals surface area contributed by atoms with Crippen LogP contribution >= 0.6 is 11.6 Å². The van der Waals surface area contributed by atoms with Crippen LogP contribution in [0.25, 0.3) is 22.0 Å². The Labute approximate surface area is 255 Å². The lowest BCUT2D eigenvalue weighted by Crippen LogP contribution is -2.39. The van der Waals surface area contributed by atoms with Crippen molar-refractivity contribution in [2.24, 2.45) is 0 Å². The monoisotopic (exact) mass is 625 g/mol. The summed E-state index contributed by atoms with van der Waals surface area (Å²) in [4.78, 5) is 11.5. The number of sulfonamides is 1. The lowest BCUT2D eigenvalue weighted by Gasteiger charge is -2.31. The van der Waals surface area contributed by atoms with Gasteiger partial charge in [0.15, 0.2) is 0 Å². The summed E-state index contributed by atoms with van der Waals surface area (Å²) in [5.74, 6) is 0.128. The Bertz CT molecular complexity index is 1830. The van der Waals surface area contributed by atoms with Crippen LogP contribution < -0.4 is 14.8 Å². The number of fused-ring (bicyclic) bond motifs is 2. The molecule has 4 aromatic rings. The van der Waals surface area contributed by atoms with Crippen molar-refractivity contribution in [3.05, 3.63) is 70.1 Å². The highest BCUT2D eigenvalue weighted by Gasteiger charge is 2.32. The number of piperidine rings is 1. The molecule has 3 aromatic carbocycles. The lowest BCUT2D eigenvalue weighted by molar-refractivity contribution is 0.140. The minimum absolute atomic E-state index is 0.0508. The normalized spacial score (nSPS) is 17.6. The first-order valence-corrected chi connectivity index (χ1v) is 16.1. The minimum atomic E-state index is -4.21. The first-order chi connectivity index (χ1) is 20.5. The summed E-state index contributed by atoms with van der Waals surface area (Å²) in [6, 6.07) is 9.34. The summed E-state index contributed by atoms with van der Waals surface area (Å²) in [7, 11) is -4.21. The summed E-state index contributed by atoms with van der Waals surface area (Å²) in [6.07, 6.45) is 2.81. The summed E-state index contributed by atoms with van der Waals surface area (Å²) < 4.78 is 50.4. The molecule has 0 spiro atoms. The van der Waals surface area contributed by atoms with E-state index in [1.54, 1.807) is 13.1 Å². The van der Waals surface area contributed by atoms with Crippen LogP contribution in [0, 0.1) is 19.7 Å². The van der Waals surface area contributed by atoms with Crippen molar-refractivity contribution in [2.75, 3.05) is 36.3 Å². The number of benzene rings is 3. The molecule has 0 aliphatic carbocycles. The summed E-state index contributed by atoms with van der Waals surface area (Å²) >= 11 is 6.17. The van der Waals surface area contributed by atoms with Crippen molar-refractivity contribution in [1.82, 2.24) is 14.9 Å². The van der Waals surface area contributed by atoms with Gasteiger partial charge in [-0.2, -0.15) is 0 Å². The molecule has 2 aliphatic rings. The second-order valence-electron chi connectivity index (χ2n) is 11.1. The van der Waals surface area contributed by atoms with Crippen LogP contribution in [0.3, 0.4) is 0 Å². The van der Waals surface area contributed by atoms with Crippen LogP contribution in [0.2, 0.25) is 5.02 Å². The van der Waals surface area contributed by atoms with E-state index in [1.807, 2.05) is 19.1 Å². The summed E-state index contributed by atoms with van der Waals surface area (Å²) in [5, 5.41) is 14.5. The number of ether oxygens (including phenoxy) is 1. The molecule has 9 nitrogen and oxygen atoms in total. The summed E-state index contributed by atoms with van der Waals surface area (Å²) in [5.41, 5.74) is 3.35. The van der Waals surface area contributed by atoms with Crippen LogP contribution in [-0.2, 0) is 10.0 Å². The topological polar surface area (TPSA) is 117 Å². The lowest BCUT2D eigenvalue weighted by atomic mass is 9.95. The maximum absolute atomic E-state index is 15.4. The van der Waals surface area contributed by atoms with Gasteiger partial charge in [0.05, 0.1) is 11.2 Å². The number of rotatable bonds is 7. The molecule has 0 bridgehead atoms. The van der Waals surface area contributed by atoms with Crippen molar-refractivity contribution in [3.8, 4) is 16.9 Å². The number of aliphatic hydroxyl groups excluding tert-OH is 1. The maximum Gasteiger partial charge on any atom is 0.265 e. The molecule has 0 amide bonds. The third-order valence-electron chi connectivity index (χ3n) is 8.27. The first-order valence-electron chi connectivity index (χ1n) is 14.3. The third kappa shape index (κ3) is 5.74. The highest BCUT2D eigenvalue weighted by atomic mass is 35.5. The van der Waals surface area contributed by atoms with Gasteiger partial charge in [-0.1, -0.05) is 18.5 Å². The van der Waals surface area contributed by atoms with Crippen LogP contribution in [0.1, 0.15) is 42.6 Å². The van der Waals surface area contributed by atoms with Gasteiger partial charge in [-0.25, -0.2) is 22.8 Å². The number of hydrogen-bond donors (Lipinski definition) is 3. The molecule has 1 atom stereocenters. The number of nitrogens with zero attached hydrogens (tertiary/aromatic N) is 3. The molecule has 226 valence electrons. The molecular formula is C31H33ClFN5O4S. The van der Waals surface area contributed by atoms with E-state index in [0.29, 0.717) is 28.7 Å². The van der Waals surface area contributed by atoms with E-state index in [-0.39, 0.29) is 33.5 Å². The van der Waals surface area contributed by atoms with Crippen molar-refractivity contribution in [1.29, 1.82) is 0 Å². The van der Waals surface area contributed by atoms with Gasteiger partial charge in [0.25, 0.3) is 10.0 Å². The van der Waals surface area contributed by atoms with Crippen LogP contribution in [-0.4, -0.2) is 60.7 Å². The Balaban J connectivity index is 1.30. The average Bonchev–Trinajstić information content (AvgIpc) is 3.35. The molecule has 6 rings (SSSR count). The van der Waals surface area contributed by atoms with Crippen molar-refractivity contribution in [2.45, 2.75) is 50.7 Å². The number of hydrogen-bond acceptors (Lipinski definition) is 8. The zero-order valence-corrected chi connectivity index (χ0v) is 25.7. The van der Waals surface area contributed by atoms with E-state index >= 15 is 4.39 Å². The van der Waals surface area contributed by atoms with Gasteiger partial charge >= 0.3 is 0 Å². The standard InChI is InChI=1S/C31H33ClFN5O4S/c1-4-38-9-7-22(8-10-38)35-31-34-15-20-12-19(11-17(2)29(20)36-31)28-18(3)25(6-5-24(28)33)37-43(40,41)27-14-21(32)13-23-26(39)16-42-30(23)27/h5-6,11-15,22,26,37,39H,4,7-10,16H2,1-3H3,(H,34,35,36)/t26-/m1/s1. The van der Waals surface area contributed by atoms with Crippen molar-refractivity contribution >= 4 is 44.2 Å². The van der Waals surface area contributed by atoms with Crippen LogP contribution in [0.5, 0.6) is 5.75 Å². The first kappa shape index (κ1) is 29.6. The molecule has 12 heteroatoms. The molecule has 2 aliphatic heterocycles. The van der Waals surface area contributed by atoms with Gasteiger partial charge in [-0.3, -0.25) is 4.72 Å². The van der Waals surface area contributed by atoms with E-state index < -0.39 is 21.9 Å². The number of aryl methyl sites for hydroxylation is 1. The molecule has 43 heavy (non-hydrogen) atoms. The van der Waals surface area contributed by atoms with E-state index in [2.05, 4.69) is 26.8 Å². The molecule has 1 aromatic heterocycles. The predicted molar refractivity (Wildman–Crippen MR) is 166 cm³/mol. The molecular weight excluding hydrogens is 593 g/mol. The zero-order valence-electron chi connectivity index (χ0n) is 24.1. The number of aromatic nitrogens is 2. The van der Waals surface area contributed by atoms with Gasteiger partial charge in [0, 0.05) is 46.9 Å². The maximum atomic E-state index is 15.4. The van der Waals surface area contributed by atoms with Crippen molar-refractivity contribution < 1.29 is 22.7 Å². The second kappa shape index (κ2) is 11.5. The van der Waals surface area contributed by atoms with E-state index in [0.717, 1.165) is 48.9 Å². The fraction of sp³-hybridized carbons (Fsp3) is 0.355. The zero-order chi connectivity index (χ0) is 30.5. The number of halogens is 2. The Morgan fingerprint density at radius 1 is 1.16 bits per heavy atom. The van der Waals surface area contributed by atoms with Gasteiger partial charge in [-0.05, 0) is 86.3 Å². The molecule has 1 saturated heterocycles. The fourth-order valence-corrected chi connectivity index (χ4v) is 7.51. The van der Waals surface area contributed by atoms with E-state index in [4.69, 9.17) is 21.3 Å². The Morgan fingerprint density at radius 3 is 2.67 bits per heavy atom. The molecule has 0 radical (unpaired) electrons. The average molecular weight is 626 g/mol. The van der Waals surface area contributed by atoms with Gasteiger partial charge < -0.3 is 20.1 Å². The van der Waals surface area contributed by atoms with Crippen molar-refractivity contribution in [3.63, 3.8) is 0 Å². The number of nitrogens with one attached hydrogen (secondary N) is 2.